The van der Waals surface area contributed by atoms with Crippen molar-refractivity contribution in [2.24, 2.45) is 0 Å². The molecule has 116 valence electrons. The Hall–Kier alpha value is -2.34. The first kappa shape index (κ1) is 14.6. The second-order valence-electron chi connectivity index (χ2n) is 5.31. The van der Waals surface area contributed by atoms with Crippen molar-refractivity contribution in [3.63, 3.8) is 0 Å². The summed E-state index contributed by atoms with van der Waals surface area (Å²) in [5.74, 6) is -0.644. The van der Waals surface area contributed by atoms with Crippen LogP contribution in [0.2, 0.25) is 0 Å². The van der Waals surface area contributed by atoms with E-state index in [1.165, 1.54) is 18.2 Å². The van der Waals surface area contributed by atoms with Gasteiger partial charge in [0.15, 0.2) is 0 Å². The van der Waals surface area contributed by atoms with Gasteiger partial charge < -0.3 is 14.4 Å². The van der Waals surface area contributed by atoms with E-state index in [9.17, 15) is 9.18 Å². The van der Waals surface area contributed by atoms with Crippen molar-refractivity contribution in [3.8, 4) is 0 Å². The van der Waals surface area contributed by atoms with Gasteiger partial charge in [-0.25, -0.2) is 9.18 Å². The van der Waals surface area contributed by atoms with E-state index in [-0.39, 0.29) is 11.6 Å². The van der Waals surface area contributed by atoms with Crippen molar-refractivity contribution in [1.29, 1.82) is 0 Å². The van der Waals surface area contributed by atoms with Crippen LogP contribution in [0, 0.1) is 5.82 Å². The first-order valence-corrected chi connectivity index (χ1v) is 7.17. The normalized spacial score (nSPS) is 16.0. The van der Waals surface area contributed by atoms with E-state index in [1.54, 1.807) is 18.2 Å². The lowest BCUT2D eigenvalue weighted by Crippen LogP contribution is -2.45. The molecule has 0 saturated carbocycles. The van der Waals surface area contributed by atoms with Crippen molar-refractivity contribution in [3.05, 3.63) is 53.7 Å². The summed E-state index contributed by atoms with van der Waals surface area (Å²) in [6, 6.07) is 9.70. The van der Waals surface area contributed by atoms with E-state index >= 15 is 0 Å². The van der Waals surface area contributed by atoms with Crippen LogP contribution in [0.5, 0.6) is 0 Å². The Morgan fingerprint density at radius 1 is 1.09 bits per heavy atom. The third kappa shape index (κ3) is 3.28. The minimum absolute atomic E-state index is 0.0278. The number of nitrogens with zero attached hydrogens (tertiary/aromatic N) is 2. The fourth-order valence-corrected chi connectivity index (χ4v) is 2.61. The van der Waals surface area contributed by atoms with Gasteiger partial charge in [-0.05, 0) is 36.4 Å². The second-order valence-corrected chi connectivity index (χ2v) is 5.31. The minimum atomic E-state index is -1.05. The van der Waals surface area contributed by atoms with E-state index in [4.69, 9.17) is 9.52 Å². The first-order valence-electron chi connectivity index (χ1n) is 7.17. The summed E-state index contributed by atoms with van der Waals surface area (Å²) in [5, 5.41) is 8.84. The van der Waals surface area contributed by atoms with Crippen LogP contribution in [-0.2, 0) is 6.54 Å². The van der Waals surface area contributed by atoms with Crippen LogP contribution in [0.25, 0.3) is 0 Å². The number of piperazine rings is 1. The van der Waals surface area contributed by atoms with Gasteiger partial charge in [0.25, 0.3) is 0 Å². The molecule has 1 aliphatic rings. The van der Waals surface area contributed by atoms with Crippen molar-refractivity contribution >= 4 is 11.7 Å². The summed E-state index contributed by atoms with van der Waals surface area (Å²) in [6.07, 6.45) is 0. The number of halogens is 1. The molecule has 22 heavy (non-hydrogen) atoms. The lowest BCUT2D eigenvalue weighted by molar-refractivity contribution is 0.0658. The van der Waals surface area contributed by atoms with E-state index < -0.39 is 5.97 Å². The lowest BCUT2D eigenvalue weighted by atomic mass is 10.2. The number of anilines is 1. The summed E-state index contributed by atoms with van der Waals surface area (Å²) < 4.78 is 18.2. The van der Waals surface area contributed by atoms with Crippen LogP contribution < -0.4 is 4.90 Å². The zero-order valence-corrected chi connectivity index (χ0v) is 12.0. The van der Waals surface area contributed by atoms with Gasteiger partial charge in [0.1, 0.15) is 11.6 Å². The van der Waals surface area contributed by atoms with E-state index in [0.29, 0.717) is 12.3 Å². The van der Waals surface area contributed by atoms with Crippen LogP contribution in [0.15, 0.2) is 40.8 Å². The smallest absolute Gasteiger partial charge is 0.371 e. The molecule has 0 spiro atoms. The first-order chi connectivity index (χ1) is 10.6. The number of aromatic carboxylic acids is 1. The third-order valence-corrected chi connectivity index (χ3v) is 3.82. The summed E-state index contributed by atoms with van der Waals surface area (Å²) in [5.41, 5.74) is 1.02. The monoisotopic (exact) mass is 304 g/mol. The van der Waals surface area contributed by atoms with Gasteiger partial charge in [-0.1, -0.05) is 0 Å². The highest BCUT2D eigenvalue weighted by Gasteiger charge is 2.19. The predicted octanol–water partition coefficient (Wildman–Crippen LogP) is 2.44. The molecule has 1 fully saturated rings. The Morgan fingerprint density at radius 3 is 2.36 bits per heavy atom. The molecule has 2 heterocycles. The van der Waals surface area contributed by atoms with Crippen LogP contribution in [0.1, 0.15) is 16.3 Å². The number of carboxylic acids is 1. The van der Waals surface area contributed by atoms with Gasteiger partial charge in [-0.15, -0.1) is 0 Å². The van der Waals surface area contributed by atoms with Crippen LogP contribution >= 0.6 is 0 Å². The Bertz CT molecular complexity index is 646. The summed E-state index contributed by atoms with van der Waals surface area (Å²) in [6.45, 7) is 3.99. The summed E-state index contributed by atoms with van der Waals surface area (Å²) in [4.78, 5) is 15.2. The molecule has 5 nitrogen and oxygen atoms in total. The third-order valence-electron chi connectivity index (χ3n) is 3.82. The molecule has 0 radical (unpaired) electrons. The molecular formula is C16H17FN2O3. The molecule has 6 heteroatoms. The maximum atomic E-state index is 12.9. The Balaban J connectivity index is 1.55. The quantitative estimate of drug-likeness (QED) is 0.940. The average Bonchev–Trinajstić information content (AvgIpc) is 2.98. The molecule has 1 aromatic heterocycles. The summed E-state index contributed by atoms with van der Waals surface area (Å²) in [7, 11) is 0. The average molecular weight is 304 g/mol. The lowest BCUT2D eigenvalue weighted by Gasteiger charge is -2.35. The molecule has 0 unspecified atom stereocenters. The second kappa shape index (κ2) is 6.19. The molecule has 1 N–H and O–H groups in total. The zero-order valence-electron chi connectivity index (χ0n) is 12.0. The van der Waals surface area contributed by atoms with Crippen molar-refractivity contribution < 1.29 is 18.7 Å². The molecule has 2 aromatic rings. The van der Waals surface area contributed by atoms with Crippen molar-refractivity contribution in [1.82, 2.24) is 4.90 Å². The number of hydrogen-bond donors (Lipinski definition) is 1. The van der Waals surface area contributed by atoms with E-state index in [2.05, 4.69) is 9.80 Å². The van der Waals surface area contributed by atoms with Gasteiger partial charge in [-0.2, -0.15) is 0 Å². The van der Waals surface area contributed by atoms with E-state index in [1.807, 2.05) is 0 Å². The highest BCUT2D eigenvalue weighted by atomic mass is 19.1. The topological polar surface area (TPSA) is 56.9 Å². The number of benzene rings is 1. The van der Waals surface area contributed by atoms with Crippen LogP contribution in [0.4, 0.5) is 10.1 Å². The summed E-state index contributed by atoms with van der Waals surface area (Å²) >= 11 is 0. The van der Waals surface area contributed by atoms with Crippen LogP contribution in [0.3, 0.4) is 0 Å². The Morgan fingerprint density at radius 2 is 1.77 bits per heavy atom. The Kier molecular flexibility index (Phi) is 4.11. The molecule has 1 aromatic carbocycles. The van der Waals surface area contributed by atoms with Crippen molar-refractivity contribution in [2.45, 2.75) is 6.54 Å². The molecule has 1 aliphatic heterocycles. The fourth-order valence-electron chi connectivity index (χ4n) is 2.61. The van der Waals surface area contributed by atoms with Crippen LogP contribution in [-0.4, -0.2) is 42.2 Å². The number of carboxylic acid groups (broad SMARTS) is 1. The largest absolute Gasteiger partial charge is 0.475 e. The van der Waals surface area contributed by atoms with Gasteiger partial charge in [0.2, 0.25) is 5.76 Å². The standard InChI is InChI=1S/C16H17FN2O3/c17-12-1-3-13(4-2-12)19-9-7-18(8-10-19)11-14-5-6-15(22-14)16(20)21/h1-6H,7-11H2,(H,20,21). The minimum Gasteiger partial charge on any atom is -0.475 e. The van der Waals surface area contributed by atoms with E-state index in [0.717, 1.165) is 31.9 Å². The van der Waals surface area contributed by atoms with Gasteiger partial charge in [0, 0.05) is 31.9 Å². The zero-order chi connectivity index (χ0) is 15.5. The predicted molar refractivity (Wildman–Crippen MR) is 79.6 cm³/mol. The SMILES string of the molecule is O=C(O)c1ccc(CN2CCN(c3ccc(F)cc3)CC2)o1. The molecule has 0 atom stereocenters. The molecule has 1 saturated heterocycles. The van der Waals surface area contributed by atoms with Gasteiger partial charge >= 0.3 is 5.97 Å². The van der Waals surface area contributed by atoms with Gasteiger partial charge in [-0.3, -0.25) is 4.90 Å². The molecular weight excluding hydrogens is 287 g/mol. The maximum Gasteiger partial charge on any atom is 0.371 e. The van der Waals surface area contributed by atoms with Gasteiger partial charge in [0.05, 0.1) is 6.54 Å². The number of hydrogen-bond acceptors (Lipinski definition) is 4. The molecule has 0 aliphatic carbocycles. The maximum absolute atomic E-state index is 12.9. The van der Waals surface area contributed by atoms with Crippen molar-refractivity contribution in [2.75, 3.05) is 31.1 Å². The number of furan rings is 1. The highest BCUT2D eigenvalue weighted by molar-refractivity contribution is 5.84. The fraction of sp³-hybridized carbons (Fsp3) is 0.312. The number of carbonyl (C=O) groups is 1. The number of rotatable bonds is 4. The molecule has 3 rings (SSSR count). The molecule has 0 amide bonds. The Labute approximate surface area is 127 Å². The highest BCUT2D eigenvalue weighted by Crippen LogP contribution is 2.18. The molecule has 0 bridgehead atoms.